The van der Waals surface area contributed by atoms with E-state index in [0.717, 1.165) is 37.6 Å². The van der Waals surface area contributed by atoms with Crippen LogP contribution in [0.15, 0.2) is 0 Å². The number of likely N-dealkylation sites (tertiary alicyclic amines) is 1. The number of carbonyl (C=O) groups is 2. The molecule has 0 aromatic carbocycles. The van der Waals surface area contributed by atoms with Gasteiger partial charge in [0.15, 0.2) is 0 Å². The molecule has 3 aliphatic heterocycles. The highest BCUT2D eigenvalue weighted by Gasteiger charge is 2.49. The summed E-state index contributed by atoms with van der Waals surface area (Å²) in [5.41, 5.74) is 0. The molecule has 3 heterocycles. The summed E-state index contributed by atoms with van der Waals surface area (Å²) in [6, 6.07) is 1.19. The number of piperazine rings is 1. The van der Waals surface area contributed by atoms with Crippen molar-refractivity contribution < 1.29 is 14.3 Å². The van der Waals surface area contributed by atoms with Crippen molar-refractivity contribution in [3.63, 3.8) is 0 Å². The normalized spacial score (nSPS) is 40.5. The van der Waals surface area contributed by atoms with Gasteiger partial charge >= 0.3 is 0 Å². The van der Waals surface area contributed by atoms with E-state index < -0.39 is 0 Å². The summed E-state index contributed by atoms with van der Waals surface area (Å²) in [6.45, 7) is 7.78. The van der Waals surface area contributed by atoms with Crippen LogP contribution in [0.5, 0.6) is 0 Å². The summed E-state index contributed by atoms with van der Waals surface area (Å²) in [4.78, 5) is 33.1. The van der Waals surface area contributed by atoms with Crippen LogP contribution in [0.3, 0.4) is 0 Å². The van der Waals surface area contributed by atoms with Crippen LogP contribution in [-0.2, 0) is 14.3 Å². The lowest BCUT2D eigenvalue weighted by Gasteiger charge is -2.55. The molecule has 6 nitrogen and oxygen atoms in total. The molecule has 2 amide bonds. The van der Waals surface area contributed by atoms with Crippen molar-refractivity contribution in [1.29, 1.82) is 0 Å². The molecule has 0 spiro atoms. The van der Waals surface area contributed by atoms with Gasteiger partial charge in [0.25, 0.3) is 5.91 Å². The van der Waals surface area contributed by atoms with E-state index in [1.54, 1.807) is 6.92 Å². The zero-order valence-electron chi connectivity index (χ0n) is 20.9. The molecule has 33 heavy (non-hydrogen) atoms. The molecule has 186 valence electrons. The fourth-order valence-corrected chi connectivity index (χ4v) is 8.08. The number of hydrogen-bond acceptors (Lipinski definition) is 4. The maximum atomic E-state index is 13.5. The highest BCUT2D eigenvalue weighted by atomic mass is 16.5. The number of ether oxygens (including phenoxy) is 1. The first-order chi connectivity index (χ1) is 16.0. The van der Waals surface area contributed by atoms with Gasteiger partial charge in [0, 0.05) is 32.2 Å². The summed E-state index contributed by atoms with van der Waals surface area (Å²) in [6.07, 6.45) is 14.4. The van der Waals surface area contributed by atoms with E-state index in [1.165, 1.54) is 64.5 Å². The molecule has 5 aliphatic rings. The maximum absolute atomic E-state index is 13.5. The number of amides is 2. The Bertz CT molecular complexity index is 703. The molecule has 7 atom stereocenters. The van der Waals surface area contributed by atoms with Crippen LogP contribution in [-0.4, -0.2) is 83.0 Å². The van der Waals surface area contributed by atoms with Gasteiger partial charge in [0.1, 0.15) is 6.10 Å². The molecule has 5 fully saturated rings. The molecule has 2 saturated carbocycles. The fourth-order valence-electron chi connectivity index (χ4n) is 8.08. The number of fused-ring (bicyclic) bond motifs is 1. The van der Waals surface area contributed by atoms with E-state index in [1.807, 2.05) is 0 Å². The van der Waals surface area contributed by atoms with E-state index in [0.29, 0.717) is 19.1 Å². The van der Waals surface area contributed by atoms with E-state index in [9.17, 15) is 9.59 Å². The van der Waals surface area contributed by atoms with E-state index >= 15 is 0 Å². The Balaban J connectivity index is 1.31. The zero-order chi connectivity index (χ0) is 22.9. The first-order valence-electron chi connectivity index (χ1n) is 14.0. The van der Waals surface area contributed by atoms with Crippen molar-refractivity contribution in [2.75, 3.05) is 26.2 Å². The third kappa shape index (κ3) is 4.84. The van der Waals surface area contributed by atoms with E-state index in [-0.39, 0.29) is 36.0 Å². The fraction of sp³-hybridized carbons (Fsp3) is 0.926. The van der Waals surface area contributed by atoms with Crippen LogP contribution >= 0.6 is 0 Å². The van der Waals surface area contributed by atoms with Crippen molar-refractivity contribution in [3.05, 3.63) is 0 Å². The standard InChI is InChI=1S/C27H45N3O3/c1-19-18-29(27(32)26-10-7-15-33-26)25-17-22(11-12-24(25)30(19)20(2)31)21-8-6-9-23(16-21)28-13-4-3-5-14-28/h19,21-26H,3-18H2,1-2H3/t19-,21?,22?,23?,24?,25?,26?/m0/s1. The Morgan fingerprint density at radius 2 is 1.61 bits per heavy atom. The van der Waals surface area contributed by atoms with Crippen LogP contribution in [0.1, 0.15) is 90.9 Å². The Morgan fingerprint density at radius 1 is 0.818 bits per heavy atom. The van der Waals surface area contributed by atoms with Gasteiger partial charge in [-0.15, -0.1) is 0 Å². The Kier molecular flexibility index (Phi) is 7.31. The average Bonchev–Trinajstić information content (AvgIpc) is 3.38. The predicted octanol–water partition coefficient (Wildman–Crippen LogP) is 3.83. The van der Waals surface area contributed by atoms with Gasteiger partial charge in [0.2, 0.25) is 5.91 Å². The van der Waals surface area contributed by atoms with Gasteiger partial charge in [-0.05, 0) is 89.6 Å². The first-order valence-corrected chi connectivity index (χ1v) is 14.0. The molecular weight excluding hydrogens is 414 g/mol. The summed E-state index contributed by atoms with van der Waals surface area (Å²) >= 11 is 0. The van der Waals surface area contributed by atoms with E-state index in [4.69, 9.17) is 4.74 Å². The van der Waals surface area contributed by atoms with Crippen LogP contribution in [0, 0.1) is 11.8 Å². The molecule has 0 bridgehead atoms. The lowest BCUT2D eigenvalue weighted by molar-refractivity contribution is -0.160. The Labute approximate surface area is 200 Å². The van der Waals surface area contributed by atoms with Crippen molar-refractivity contribution in [3.8, 4) is 0 Å². The third-order valence-electron chi connectivity index (χ3n) is 9.63. The molecule has 0 aromatic heterocycles. The van der Waals surface area contributed by atoms with Crippen LogP contribution < -0.4 is 0 Å². The SMILES string of the molecule is CC(=O)N1C2CCC(C3CCCC(N4CCCCC4)C3)CC2N(C(=O)C2CCCO2)C[C@@H]1C. The van der Waals surface area contributed by atoms with Crippen molar-refractivity contribution in [1.82, 2.24) is 14.7 Å². The second-order valence-electron chi connectivity index (χ2n) is 11.7. The quantitative estimate of drug-likeness (QED) is 0.644. The lowest BCUT2D eigenvalue weighted by atomic mass is 9.68. The van der Waals surface area contributed by atoms with Crippen molar-refractivity contribution in [2.45, 2.75) is 121 Å². The number of hydrogen-bond donors (Lipinski definition) is 0. The third-order valence-corrected chi connectivity index (χ3v) is 9.63. The van der Waals surface area contributed by atoms with Crippen LogP contribution in [0.4, 0.5) is 0 Å². The second kappa shape index (κ2) is 10.2. The predicted molar refractivity (Wildman–Crippen MR) is 129 cm³/mol. The first kappa shape index (κ1) is 23.6. The number of carbonyl (C=O) groups excluding carboxylic acids is 2. The van der Waals surface area contributed by atoms with Crippen LogP contribution in [0.2, 0.25) is 0 Å². The summed E-state index contributed by atoms with van der Waals surface area (Å²) in [5, 5.41) is 0. The largest absolute Gasteiger partial charge is 0.368 e. The number of piperidine rings is 1. The minimum absolute atomic E-state index is 0.0869. The van der Waals surface area contributed by atoms with Gasteiger partial charge in [-0.2, -0.15) is 0 Å². The van der Waals surface area contributed by atoms with Crippen LogP contribution in [0.25, 0.3) is 0 Å². The lowest BCUT2D eigenvalue weighted by Crippen LogP contribution is -2.68. The van der Waals surface area contributed by atoms with Crippen molar-refractivity contribution >= 4 is 11.8 Å². The molecule has 6 unspecified atom stereocenters. The minimum atomic E-state index is -0.264. The Morgan fingerprint density at radius 3 is 2.33 bits per heavy atom. The van der Waals surface area contributed by atoms with Gasteiger partial charge in [-0.25, -0.2) is 0 Å². The minimum Gasteiger partial charge on any atom is -0.368 e. The second-order valence-corrected chi connectivity index (χ2v) is 11.7. The highest BCUT2D eigenvalue weighted by Crippen LogP contribution is 2.44. The molecule has 0 N–H and O–H groups in total. The smallest absolute Gasteiger partial charge is 0.252 e. The number of rotatable bonds is 3. The summed E-state index contributed by atoms with van der Waals surface area (Å²) in [7, 11) is 0. The summed E-state index contributed by atoms with van der Waals surface area (Å²) in [5.74, 6) is 1.81. The summed E-state index contributed by atoms with van der Waals surface area (Å²) < 4.78 is 5.80. The average molecular weight is 460 g/mol. The maximum Gasteiger partial charge on any atom is 0.252 e. The van der Waals surface area contributed by atoms with Gasteiger partial charge < -0.3 is 19.4 Å². The van der Waals surface area contributed by atoms with Gasteiger partial charge in [-0.3, -0.25) is 9.59 Å². The highest BCUT2D eigenvalue weighted by molar-refractivity contribution is 5.82. The zero-order valence-corrected chi connectivity index (χ0v) is 20.9. The molecule has 3 saturated heterocycles. The molecule has 2 aliphatic carbocycles. The molecular formula is C27H45N3O3. The van der Waals surface area contributed by atoms with Gasteiger partial charge in [-0.1, -0.05) is 19.3 Å². The molecule has 5 rings (SSSR count). The van der Waals surface area contributed by atoms with E-state index in [2.05, 4.69) is 21.6 Å². The monoisotopic (exact) mass is 459 g/mol. The molecule has 0 aromatic rings. The molecule has 0 radical (unpaired) electrons. The number of nitrogens with zero attached hydrogens (tertiary/aromatic N) is 3. The van der Waals surface area contributed by atoms with Crippen molar-refractivity contribution in [2.24, 2.45) is 11.8 Å². The van der Waals surface area contributed by atoms with Gasteiger partial charge in [0.05, 0.1) is 12.1 Å². The topological polar surface area (TPSA) is 53.1 Å². The molecule has 6 heteroatoms. The Hall–Kier alpha value is -1.14.